The maximum absolute atomic E-state index is 12.9. The maximum atomic E-state index is 12.9. The molecule has 5 atom stereocenters. The summed E-state index contributed by atoms with van der Waals surface area (Å²) in [6, 6.07) is 7.86. The molecule has 33 heavy (non-hydrogen) atoms. The standard InChI is InChI=1S/C22H25F3N4O4/c1-29(10-8-14-6-2-3-9-26-14)18-19(30)17(16-12-32-20(18)33-16)28-21(31)27-15-7-4-5-13(11-15)22(23,24)25/h2-7,9,11,16-20,30H,8,10,12H2,1H3,(H2,27,28,31)/t16-,17+,18-,19-,20+/m0/s1. The lowest BCUT2D eigenvalue weighted by molar-refractivity contribution is -0.176. The molecule has 11 heteroatoms. The highest BCUT2D eigenvalue weighted by Gasteiger charge is 2.52. The van der Waals surface area contributed by atoms with E-state index in [4.69, 9.17) is 9.47 Å². The number of benzene rings is 1. The molecule has 2 saturated heterocycles. The predicted molar refractivity (Wildman–Crippen MR) is 112 cm³/mol. The Morgan fingerprint density at radius 2 is 2.09 bits per heavy atom. The first-order valence-electron chi connectivity index (χ1n) is 10.5. The van der Waals surface area contributed by atoms with Crippen LogP contribution in [0.15, 0.2) is 48.7 Å². The number of urea groups is 1. The molecule has 0 unspecified atom stereocenters. The largest absolute Gasteiger partial charge is 0.416 e. The number of aliphatic hydroxyl groups is 1. The molecular weight excluding hydrogens is 441 g/mol. The highest BCUT2D eigenvalue weighted by Crippen LogP contribution is 2.32. The summed E-state index contributed by atoms with van der Waals surface area (Å²) in [6.07, 6.45) is -4.41. The lowest BCUT2D eigenvalue weighted by Gasteiger charge is -2.42. The van der Waals surface area contributed by atoms with Gasteiger partial charge in [0.25, 0.3) is 0 Å². The molecule has 2 aromatic rings. The third-order valence-corrected chi connectivity index (χ3v) is 5.83. The van der Waals surface area contributed by atoms with Crippen LogP contribution in [0, 0.1) is 0 Å². The number of hydrogen-bond donors (Lipinski definition) is 3. The number of nitrogens with zero attached hydrogens (tertiary/aromatic N) is 2. The van der Waals surface area contributed by atoms with Crippen molar-refractivity contribution in [3.8, 4) is 0 Å². The van der Waals surface area contributed by atoms with Crippen LogP contribution < -0.4 is 10.6 Å². The molecule has 2 amide bonds. The summed E-state index contributed by atoms with van der Waals surface area (Å²) >= 11 is 0. The molecular formula is C22H25F3N4O4. The predicted octanol–water partition coefficient (Wildman–Crippen LogP) is 2.25. The number of amides is 2. The molecule has 178 valence electrons. The average molecular weight is 466 g/mol. The lowest BCUT2D eigenvalue weighted by Crippen LogP contribution is -2.65. The molecule has 0 radical (unpaired) electrons. The first-order chi connectivity index (χ1) is 15.7. The van der Waals surface area contributed by atoms with E-state index in [-0.39, 0.29) is 12.3 Å². The highest BCUT2D eigenvalue weighted by molar-refractivity contribution is 5.89. The van der Waals surface area contributed by atoms with Gasteiger partial charge in [0.05, 0.1) is 30.4 Å². The summed E-state index contributed by atoms with van der Waals surface area (Å²) in [6.45, 7) is 0.747. The number of nitrogens with one attached hydrogen (secondary N) is 2. The van der Waals surface area contributed by atoms with E-state index in [0.29, 0.717) is 13.0 Å². The number of hydrogen-bond acceptors (Lipinski definition) is 6. The van der Waals surface area contributed by atoms with Crippen molar-refractivity contribution in [3.05, 3.63) is 59.9 Å². The minimum atomic E-state index is -4.52. The number of carbonyl (C=O) groups excluding carboxylic acids is 1. The molecule has 2 aliphatic rings. The van der Waals surface area contributed by atoms with E-state index in [0.717, 1.165) is 17.8 Å². The smallest absolute Gasteiger partial charge is 0.389 e. The van der Waals surface area contributed by atoms with Crippen molar-refractivity contribution in [1.82, 2.24) is 15.2 Å². The number of alkyl halides is 3. The first-order valence-corrected chi connectivity index (χ1v) is 10.5. The summed E-state index contributed by atoms with van der Waals surface area (Å²) in [4.78, 5) is 18.7. The van der Waals surface area contributed by atoms with Crippen LogP contribution in [0.25, 0.3) is 0 Å². The first kappa shape index (κ1) is 23.4. The summed E-state index contributed by atoms with van der Waals surface area (Å²) in [5.41, 5.74) is 0.0111. The summed E-state index contributed by atoms with van der Waals surface area (Å²) in [5, 5.41) is 16.1. The van der Waals surface area contributed by atoms with E-state index in [1.165, 1.54) is 12.1 Å². The summed E-state index contributed by atoms with van der Waals surface area (Å²) < 4.78 is 50.3. The number of aromatic nitrogens is 1. The van der Waals surface area contributed by atoms with Gasteiger partial charge in [0.2, 0.25) is 0 Å². The number of anilines is 1. The Morgan fingerprint density at radius 1 is 1.27 bits per heavy atom. The topological polar surface area (TPSA) is 96.0 Å². The second-order valence-corrected chi connectivity index (χ2v) is 8.11. The van der Waals surface area contributed by atoms with Gasteiger partial charge in [-0.1, -0.05) is 12.1 Å². The summed E-state index contributed by atoms with van der Waals surface area (Å²) in [7, 11) is 1.82. The fraction of sp³-hybridized carbons (Fsp3) is 0.455. The van der Waals surface area contributed by atoms with Gasteiger partial charge < -0.3 is 25.2 Å². The SMILES string of the molecule is CN(CCc1ccccn1)[C@@H]1[C@@H]2OC[C@H](O2)[C@@H](NC(=O)Nc2cccc(C(F)(F)F)c2)[C@@H]1O. The number of aliphatic hydroxyl groups excluding tert-OH is 1. The van der Waals surface area contributed by atoms with Gasteiger partial charge in [-0.15, -0.1) is 0 Å². The van der Waals surface area contributed by atoms with Gasteiger partial charge in [-0.2, -0.15) is 13.2 Å². The lowest BCUT2D eigenvalue weighted by atomic mass is 9.95. The van der Waals surface area contributed by atoms with Crippen LogP contribution in [-0.2, 0) is 22.1 Å². The van der Waals surface area contributed by atoms with Crippen LogP contribution in [0.5, 0.6) is 0 Å². The Bertz CT molecular complexity index is 962. The van der Waals surface area contributed by atoms with E-state index in [1.54, 1.807) is 6.20 Å². The van der Waals surface area contributed by atoms with E-state index in [1.807, 2.05) is 30.1 Å². The Balaban J connectivity index is 1.40. The molecule has 2 aliphatic heterocycles. The third-order valence-electron chi connectivity index (χ3n) is 5.83. The van der Waals surface area contributed by atoms with Gasteiger partial charge in [-0.05, 0) is 37.4 Å². The number of pyridine rings is 1. The average Bonchev–Trinajstić information content (AvgIpc) is 3.21. The maximum Gasteiger partial charge on any atom is 0.416 e. The number of ether oxygens (including phenoxy) is 2. The van der Waals surface area contributed by atoms with Crippen molar-refractivity contribution >= 4 is 11.7 Å². The molecule has 0 saturated carbocycles. The molecule has 3 heterocycles. The molecule has 8 nitrogen and oxygen atoms in total. The van der Waals surface area contributed by atoms with Crippen molar-refractivity contribution in [2.45, 2.75) is 43.2 Å². The second-order valence-electron chi connectivity index (χ2n) is 8.11. The third kappa shape index (κ3) is 5.44. The van der Waals surface area contributed by atoms with Gasteiger partial charge in [0, 0.05) is 30.5 Å². The molecule has 0 aliphatic carbocycles. The van der Waals surface area contributed by atoms with Crippen LogP contribution in [0.2, 0.25) is 0 Å². The van der Waals surface area contributed by atoms with Crippen molar-refractivity contribution in [2.75, 3.05) is 25.5 Å². The normalized spacial score (nSPS) is 26.9. The van der Waals surface area contributed by atoms with Crippen LogP contribution in [0.4, 0.5) is 23.7 Å². The van der Waals surface area contributed by atoms with E-state index < -0.39 is 48.4 Å². The van der Waals surface area contributed by atoms with Crippen LogP contribution in [0.1, 0.15) is 11.3 Å². The fourth-order valence-corrected chi connectivity index (χ4v) is 4.13. The van der Waals surface area contributed by atoms with Gasteiger partial charge in [-0.3, -0.25) is 9.88 Å². The number of carbonyl (C=O) groups is 1. The zero-order chi connectivity index (χ0) is 23.6. The minimum Gasteiger partial charge on any atom is -0.389 e. The molecule has 2 fully saturated rings. The Labute approximate surface area is 188 Å². The monoisotopic (exact) mass is 466 g/mol. The van der Waals surface area contributed by atoms with Crippen molar-refractivity contribution in [3.63, 3.8) is 0 Å². The van der Waals surface area contributed by atoms with E-state index in [9.17, 15) is 23.1 Å². The van der Waals surface area contributed by atoms with Crippen molar-refractivity contribution in [2.24, 2.45) is 0 Å². The molecule has 4 rings (SSSR count). The Morgan fingerprint density at radius 3 is 2.82 bits per heavy atom. The summed E-state index contributed by atoms with van der Waals surface area (Å²) in [5.74, 6) is 0. The Hall–Kier alpha value is -2.73. The van der Waals surface area contributed by atoms with Gasteiger partial charge >= 0.3 is 12.2 Å². The van der Waals surface area contributed by atoms with Gasteiger partial charge in [-0.25, -0.2) is 4.79 Å². The number of rotatable bonds is 6. The molecule has 1 aromatic carbocycles. The molecule has 0 spiro atoms. The van der Waals surface area contributed by atoms with Gasteiger partial charge in [0.1, 0.15) is 6.10 Å². The zero-order valence-corrected chi connectivity index (χ0v) is 17.8. The van der Waals surface area contributed by atoms with Gasteiger partial charge in [0.15, 0.2) is 6.29 Å². The molecule has 1 aromatic heterocycles. The van der Waals surface area contributed by atoms with Crippen LogP contribution in [0.3, 0.4) is 0 Å². The van der Waals surface area contributed by atoms with Crippen LogP contribution >= 0.6 is 0 Å². The molecule has 2 bridgehead atoms. The van der Waals surface area contributed by atoms with E-state index >= 15 is 0 Å². The highest BCUT2D eigenvalue weighted by atomic mass is 19.4. The zero-order valence-electron chi connectivity index (χ0n) is 17.8. The van der Waals surface area contributed by atoms with Crippen molar-refractivity contribution < 1.29 is 32.5 Å². The number of likely N-dealkylation sites (N-methyl/N-ethyl adjacent to an activating group) is 1. The quantitative estimate of drug-likeness (QED) is 0.605. The van der Waals surface area contributed by atoms with E-state index in [2.05, 4.69) is 15.6 Å². The minimum absolute atomic E-state index is 0.0156. The van der Waals surface area contributed by atoms with Crippen molar-refractivity contribution in [1.29, 1.82) is 0 Å². The van der Waals surface area contributed by atoms with Crippen LogP contribution in [-0.4, -0.2) is 71.8 Å². The molecule has 3 N–H and O–H groups in total. The number of fused-ring (bicyclic) bond motifs is 2. The Kier molecular flexibility index (Phi) is 6.84. The fourth-order valence-electron chi connectivity index (χ4n) is 4.13. The number of halogens is 3. The second kappa shape index (κ2) is 9.64.